The summed E-state index contributed by atoms with van der Waals surface area (Å²) in [4.78, 5) is 0. The fourth-order valence-electron chi connectivity index (χ4n) is 2.28. The molecule has 2 aliphatic carbocycles. The second-order valence-corrected chi connectivity index (χ2v) is 3.51. The summed E-state index contributed by atoms with van der Waals surface area (Å²) in [5.41, 5.74) is 0. The molecule has 2 unspecified atom stereocenters. The number of hydrogen-bond donors (Lipinski definition) is 0. The molecule has 9 heavy (non-hydrogen) atoms. The van der Waals surface area contributed by atoms with E-state index in [-0.39, 0.29) is 0 Å². The third kappa shape index (κ3) is 0.889. The Morgan fingerprint density at radius 3 is 3.00 bits per heavy atom. The molecule has 0 heterocycles. The third-order valence-electron chi connectivity index (χ3n) is 2.97. The highest BCUT2D eigenvalue weighted by Crippen LogP contribution is 2.55. The maximum absolute atomic E-state index is 2.33. The van der Waals surface area contributed by atoms with E-state index in [4.69, 9.17) is 0 Å². The second-order valence-electron chi connectivity index (χ2n) is 3.51. The molecule has 0 bridgehead atoms. The van der Waals surface area contributed by atoms with E-state index in [0.717, 1.165) is 11.8 Å². The summed E-state index contributed by atoms with van der Waals surface area (Å²) < 4.78 is 0. The van der Waals surface area contributed by atoms with Crippen LogP contribution in [0.1, 0.15) is 39.0 Å². The highest BCUT2D eigenvalue weighted by atomic mass is 14.5. The molecule has 0 saturated heterocycles. The Morgan fingerprint density at radius 2 is 2.33 bits per heavy atom. The van der Waals surface area contributed by atoms with E-state index < -0.39 is 0 Å². The summed E-state index contributed by atoms with van der Waals surface area (Å²) in [5.74, 6) is 4.07. The van der Waals surface area contributed by atoms with Gasteiger partial charge in [-0.3, -0.25) is 0 Å². The summed E-state index contributed by atoms with van der Waals surface area (Å²) >= 11 is 0. The van der Waals surface area contributed by atoms with E-state index in [0.29, 0.717) is 0 Å². The molecule has 0 aromatic heterocycles. The first-order valence-electron chi connectivity index (χ1n) is 4.27. The summed E-state index contributed by atoms with van der Waals surface area (Å²) in [6.45, 7) is 2.33. The van der Waals surface area contributed by atoms with Crippen LogP contribution in [0.3, 0.4) is 0 Å². The Bertz CT molecular complexity index is 107. The van der Waals surface area contributed by atoms with E-state index in [1.807, 2.05) is 5.92 Å². The minimum absolute atomic E-state index is 1.05. The maximum atomic E-state index is 2.33. The van der Waals surface area contributed by atoms with Gasteiger partial charge in [0.1, 0.15) is 0 Å². The summed E-state index contributed by atoms with van der Waals surface area (Å²) in [6.07, 6.45) is 7.44. The van der Waals surface area contributed by atoms with E-state index >= 15 is 0 Å². The normalized spacial score (nSPS) is 42.3. The zero-order valence-corrected chi connectivity index (χ0v) is 6.19. The predicted octanol–water partition coefficient (Wildman–Crippen LogP) is 2.79. The van der Waals surface area contributed by atoms with Crippen molar-refractivity contribution in [3.05, 3.63) is 5.92 Å². The van der Waals surface area contributed by atoms with Gasteiger partial charge in [0.2, 0.25) is 0 Å². The molecule has 0 N–H and O–H groups in total. The molecule has 0 aliphatic heterocycles. The van der Waals surface area contributed by atoms with Crippen molar-refractivity contribution < 1.29 is 0 Å². The van der Waals surface area contributed by atoms with E-state index in [9.17, 15) is 0 Å². The van der Waals surface area contributed by atoms with E-state index in [1.165, 1.54) is 32.1 Å². The Kier molecular flexibility index (Phi) is 1.28. The highest BCUT2D eigenvalue weighted by Gasteiger charge is 2.44. The molecular formula is C9H15. The predicted molar refractivity (Wildman–Crippen MR) is 39.0 cm³/mol. The van der Waals surface area contributed by atoms with Crippen LogP contribution in [0.5, 0.6) is 0 Å². The standard InChI is InChI=1S/C9H15/c1-2-7-4-3-5-8-6-9(7)8/h7-8H,2-6H2,1H3. The molecule has 1 radical (unpaired) electrons. The smallest absolute Gasteiger partial charge is 0.0176 e. The lowest BCUT2D eigenvalue weighted by Crippen LogP contribution is -2.06. The Hall–Kier alpha value is 0. The van der Waals surface area contributed by atoms with Gasteiger partial charge in [-0.1, -0.05) is 19.8 Å². The van der Waals surface area contributed by atoms with Crippen molar-refractivity contribution in [2.24, 2.45) is 11.8 Å². The fourth-order valence-corrected chi connectivity index (χ4v) is 2.28. The van der Waals surface area contributed by atoms with Gasteiger partial charge < -0.3 is 0 Å². The summed E-state index contributed by atoms with van der Waals surface area (Å²) in [5, 5.41) is 0. The van der Waals surface area contributed by atoms with Crippen molar-refractivity contribution in [2.45, 2.75) is 39.0 Å². The zero-order chi connectivity index (χ0) is 6.27. The average Bonchev–Trinajstić information content (AvgIpc) is 2.64. The van der Waals surface area contributed by atoms with Crippen LogP contribution in [-0.2, 0) is 0 Å². The van der Waals surface area contributed by atoms with Crippen LogP contribution in [0.2, 0.25) is 0 Å². The molecule has 0 spiro atoms. The molecule has 0 heteroatoms. The van der Waals surface area contributed by atoms with Gasteiger partial charge in [0.15, 0.2) is 0 Å². The fraction of sp³-hybridized carbons (Fsp3) is 0.889. The SMILES string of the molecule is CCC1CCCC2C[C]12. The van der Waals surface area contributed by atoms with Crippen LogP contribution < -0.4 is 0 Å². The molecule has 2 aliphatic rings. The molecule has 0 amide bonds. The molecule has 2 fully saturated rings. The largest absolute Gasteiger partial charge is 0.0651 e. The van der Waals surface area contributed by atoms with Crippen molar-refractivity contribution >= 4 is 0 Å². The van der Waals surface area contributed by atoms with Gasteiger partial charge in [-0.2, -0.15) is 0 Å². The molecule has 51 valence electrons. The van der Waals surface area contributed by atoms with Crippen molar-refractivity contribution in [2.75, 3.05) is 0 Å². The van der Waals surface area contributed by atoms with Gasteiger partial charge in [-0.25, -0.2) is 0 Å². The Balaban J connectivity index is 1.93. The van der Waals surface area contributed by atoms with Crippen LogP contribution in [0, 0.1) is 17.8 Å². The van der Waals surface area contributed by atoms with E-state index in [2.05, 4.69) is 6.92 Å². The number of rotatable bonds is 1. The van der Waals surface area contributed by atoms with Crippen LogP contribution >= 0.6 is 0 Å². The molecule has 2 rings (SSSR count). The van der Waals surface area contributed by atoms with Gasteiger partial charge in [0.25, 0.3) is 0 Å². The van der Waals surface area contributed by atoms with Gasteiger partial charge in [-0.05, 0) is 37.0 Å². The first kappa shape index (κ1) is 5.76. The molecular weight excluding hydrogens is 108 g/mol. The molecule has 0 aromatic carbocycles. The Morgan fingerprint density at radius 1 is 1.44 bits per heavy atom. The van der Waals surface area contributed by atoms with Gasteiger partial charge in [-0.15, -0.1) is 0 Å². The van der Waals surface area contributed by atoms with Crippen LogP contribution in [-0.4, -0.2) is 0 Å². The molecule has 2 saturated carbocycles. The average molecular weight is 123 g/mol. The minimum atomic E-state index is 1.05. The van der Waals surface area contributed by atoms with Gasteiger partial charge in [0.05, 0.1) is 0 Å². The topological polar surface area (TPSA) is 0 Å². The van der Waals surface area contributed by atoms with Crippen LogP contribution in [0.25, 0.3) is 0 Å². The number of hydrogen-bond acceptors (Lipinski definition) is 0. The first-order valence-corrected chi connectivity index (χ1v) is 4.27. The second kappa shape index (κ2) is 2.00. The van der Waals surface area contributed by atoms with Crippen molar-refractivity contribution in [1.82, 2.24) is 0 Å². The van der Waals surface area contributed by atoms with Gasteiger partial charge in [0, 0.05) is 0 Å². The monoisotopic (exact) mass is 123 g/mol. The molecule has 2 atom stereocenters. The minimum Gasteiger partial charge on any atom is -0.0651 e. The van der Waals surface area contributed by atoms with Crippen LogP contribution in [0.4, 0.5) is 0 Å². The lowest BCUT2D eigenvalue weighted by Gasteiger charge is -2.18. The van der Waals surface area contributed by atoms with Gasteiger partial charge >= 0.3 is 0 Å². The highest BCUT2D eigenvalue weighted by molar-refractivity contribution is 5.19. The lowest BCUT2D eigenvalue weighted by atomic mass is 9.87. The summed E-state index contributed by atoms with van der Waals surface area (Å²) in [7, 11) is 0. The summed E-state index contributed by atoms with van der Waals surface area (Å²) in [6, 6.07) is 0. The maximum Gasteiger partial charge on any atom is -0.0176 e. The molecule has 0 nitrogen and oxygen atoms in total. The van der Waals surface area contributed by atoms with Crippen LogP contribution in [0.15, 0.2) is 0 Å². The zero-order valence-electron chi connectivity index (χ0n) is 6.19. The lowest BCUT2D eigenvalue weighted by molar-refractivity contribution is 0.429. The van der Waals surface area contributed by atoms with Crippen molar-refractivity contribution in [3.8, 4) is 0 Å². The first-order chi connectivity index (χ1) is 4.42. The van der Waals surface area contributed by atoms with Crippen molar-refractivity contribution in [1.29, 1.82) is 0 Å². The molecule has 0 aromatic rings. The quantitative estimate of drug-likeness (QED) is 0.503. The van der Waals surface area contributed by atoms with Crippen molar-refractivity contribution in [3.63, 3.8) is 0 Å². The van der Waals surface area contributed by atoms with E-state index in [1.54, 1.807) is 0 Å². The number of fused-ring (bicyclic) bond motifs is 1. The third-order valence-corrected chi connectivity index (χ3v) is 2.97. The Labute approximate surface area is 57.6 Å².